The molecule has 2 aromatic rings. The van der Waals surface area contributed by atoms with E-state index in [9.17, 15) is 13.2 Å². The number of halogens is 1. The standard InChI is InChI=1S/C20H23ClN2O3S/c21-17-8-10-18(11-9-17)22-27(25,26)19-12-6-16(7-13-19)20(24)23-14-4-2-1-3-5-15-23/h6-13,22H,1-5,14-15H2. The lowest BCUT2D eigenvalue weighted by molar-refractivity contribution is 0.0742. The SMILES string of the molecule is O=C(c1ccc(S(=O)(=O)Nc2ccc(Cl)cc2)cc1)N1CCCCCCC1. The van der Waals surface area contributed by atoms with Crippen molar-refractivity contribution in [3.05, 3.63) is 59.1 Å². The summed E-state index contributed by atoms with van der Waals surface area (Å²) in [6, 6.07) is 12.5. The van der Waals surface area contributed by atoms with E-state index < -0.39 is 10.0 Å². The molecule has 3 rings (SSSR count). The fourth-order valence-electron chi connectivity index (χ4n) is 3.14. The number of nitrogens with zero attached hydrogens (tertiary/aromatic N) is 1. The Morgan fingerprint density at radius 3 is 2.00 bits per heavy atom. The topological polar surface area (TPSA) is 66.5 Å². The summed E-state index contributed by atoms with van der Waals surface area (Å²) in [7, 11) is -3.72. The predicted molar refractivity (Wildman–Crippen MR) is 108 cm³/mol. The molecular formula is C20H23ClN2O3S. The van der Waals surface area contributed by atoms with E-state index in [0.29, 0.717) is 16.3 Å². The van der Waals surface area contributed by atoms with Crippen molar-refractivity contribution in [2.45, 2.75) is 37.0 Å². The molecule has 1 heterocycles. The monoisotopic (exact) mass is 406 g/mol. The Balaban J connectivity index is 1.71. The van der Waals surface area contributed by atoms with Crippen LogP contribution in [0.1, 0.15) is 42.5 Å². The highest BCUT2D eigenvalue weighted by Gasteiger charge is 2.19. The minimum atomic E-state index is -3.72. The van der Waals surface area contributed by atoms with Crippen LogP contribution in [0, 0.1) is 0 Å². The second kappa shape index (κ2) is 8.76. The van der Waals surface area contributed by atoms with Crippen molar-refractivity contribution in [2.75, 3.05) is 17.8 Å². The molecule has 1 N–H and O–H groups in total. The average molecular weight is 407 g/mol. The van der Waals surface area contributed by atoms with E-state index in [2.05, 4.69) is 4.72 Å². The van der Waals surface area contributed by atoms with Crippen LogP contribution < -0.4 is 4.72 Å². The van der Waals surface area contributed by atoms with Crippen LogP contribution in [0.4, 0.5) is 5.69 Å². The normalized spacial score (nSPS) is 15.7. The Morgan fingerprint density at radius 2 is 1.41 bits per heavy atom. The maximum absolute atomic E-state index is 12.7. The second-order valence-corrected chi connectivity index (χ2v) is 8.82. The highest BCUT2D eigenvalue weighted by Crippen LogP contribution is 2.20. The first kappa shape index (κ1) is 19.7. The maximum Gasteiger partial charge on any atom is 0.261 e. The molecule has 1 saturated heterocycles. The Kier molecular flexibility index (Phi) is 6.39. The van der Waals surface area contributed by atoms with Gasteiger partial charge in [-0.25, -0.2) is 8.42 Å². The minimum absolute atomic E-state index is 0.0356. The number of sulfonamides is 1. The summed E-state index contributed by atoms with van der Waals surface area (Å²) in [5, 5.41) is 0.532. The molecule has 144 valence electrons. The number of nitrogens with one attached hydrogen (secondary N) is 1. The molecule has 0 unspecified atom stereocenters. The zero-order chi connectivity index (χ0) is 19.3. The average Bonchev–Trinajstić information content (AvgIpc) is 2.63. The summed E-state index contributed by atoms with van der Waals surface area (Å²) in [5.74, 6) is -0.0356. The van der Waals surface area contributed by atoms with Crippen molar-refractivity contribution >= 4 is 33.2 Å². The first-order valence-corrected chi connectivity index (χ1v) is 11.0. The van der Waals surface area contributed by atoms with Gasteiger partial charge in [0.05, 0.1) is 4.90 Å². The Hall–Kier alpha value is -2.05. The maximum atomic E-state index is 12.7. The molecule has 0 aromatic heterocycles. The van der Waals surface area contributed by atoms with Gasteiger partial charge in [0.15, 0.2) is 0 Å². The molecular weight excluding hydrogens is 384 g/mol. The van der Waals surface area contributed by atoms with Gasteiger partial charge in [0.2, 0.25) is 0 Å². The fourth-order valence-corrected chi connectivity index (χ4v) is 4.33. The van der Waals surface area contributed by atoms with E-state index in [0.717, 1.165) is 38.8 Å². The molecule has 1 aliphatic heterocycles. The van der Waals surface area contributed by atoms with E-state index in [1.54, 1.807) is 36.4 Å². The molecule has 0 spiro atoms. The summed E-state index contributed by atoms with van der Waals surface area (Å²) in [6.07, 6.45) is 5.57. The summed E-state index contributed by atoms with van der Waals surface area (Å²) in [5.41, 5.74) is 0.946. The third kappa shape index (κ3) is 5.23. The van der Waals surface area contributed by atoms with Crippen molar-refractivity contribution < 1.29 is 13.2 Å². The van der Waals surface area contributed by atoms with Gasteiger partial charge in [-0.15, -0.1) is 0 Å². The predicted octanol–water partition coefficient (Wildman–Crippen LogP) is 4.55. The van der Waals surface area contributed by atoms with Gasteiger partial charge >= 0.3 is 0 Å². The molecule has 0 bridgehead atoms. The molecule has 0 atom stereocenters. The third-order valence-electron chi connectivity index (χ3n) is 4.65. The van der Waals surface area contributed by atoms with Crippen molar-refractivity contribution in [1.82, 2.24) is 4.90 Å². The first-order valence-electron chi connectivity index (χ1n) is 9.13. The van der Waals surface area contributed by atoms with Gasteiger partial charge in [-0.1, -0.05) is 30.9 Å². The molecule has 1 fully saturated rings. The van der Waals surface area contributed by atoms with Crippen LogP contribution in [0.25, 0.3) is 0 Å². The Morgan fingerprint density at radius 1 is 0.852 bits per heavy atom. The van der Waals surface area contributed by atoms with Crippen LogP contribution in [0.3, 0.4) is 0 Å². The third-order valence-corrected chi connectivity index (χ3v) is 6.30. The number of carbonyl (C=O) groups is 1. The van der Waals surface area contributed by atoms with Gasteiger partial charge in [-0.2, -0.15) is 0 Å². The summed E-state index contributed by atoms with van der Waals surface area (Å²) >= 11 is 5.82. The number of hydrogen-bond acceptors (Lipinski definition) is 3. The molecule has 1 amide bonds. The molecule has 5 nitrogen and oxygen atoms in total. The van der Waals surface area contributed by atoms with Crippen LogP contribution in [0.2, 0.25) is 5.02 Å². The minimum Gasteiger partial charge on any atom is -0.339 e. The number of rotatable bonds is 4. The van der Waals surface area contributed by atoms with Crippen molar-refractivity contribution in [2.24, 2.45) is 0 Å². The first-order chi connectivity index (χ1) is 13.0. The number of hydrogen-bond donors (Lipinski definition) is 1. The molecule has 2 aromatic carbocycles. The van der Waals surface area contributed by atoms with Gasteiger partial charge in [-0.05, 0) is 61.4 Å². The van der Waals surface area contributed by atoms with Crippen molar-refractivity contribution in [3.63, 3.8) is 0 Å². The van der Waals surface area contributed by atoms with Crippen molar-refractivity contribution in [1.29, 1.82) is 0 Å². The molecule has 0 aliphatic carbocycles. The smallest absolute Gasteiger partial charge is 0.261 e. The summed E-state index contributed by atoms with van der Waals surface area (Å²) in [6.45, 7) is 1.52. The number of amides is 1. The zero-order valence-corrected chi connectivity index (χ0v) is 16.6. The lowest BCUT2D eigenvalue weighted by atomic mass is 10.1. The summed E-state index contributed by atoms with van der Waals surface area (Å²) < 4.78 is 27.5. The number of benzene rings is 2. The van der Waals surface area contributed by atoms with Gasteiger partial charge in [0.1, 0.15) is 0 Å². The molecule has 1 aliphatic rings. The van der Waals surface area contributed by atoms with Crippen LogP contribution in [0.5, 0.6) is 0 Å². The van der Waals surface area contributed by atoms with E-state index in [4.69, 9.17) is 11.6 Å². The molecule has 7 heteroatoms. The lowest BCUT2D eigenvalue weighted by Crippen LogP contribution is -2.33. The number of anilines is 1. The highest BCUT2D eigenvalue weighted by molar-refractivity contribution is 7.92. The largest absolute Gasteiger partial charge is 0.339 e. The van der Waals surface area contributed by atoms with Gasteiger partial charge in [-0.3, -0.25) is 9.52 Å². The van der Waals surface area contributed by atoms with Gasteiger partial charge < -0.3 is 4.90 Å². The Bertz CT molecular complexity index is 872. The zero-order valence-electron chi connectivity index (χ0n) is 15.0. The number of likely N-dealkylation sites (tertiary alicyclic amines) is 1. The van der Waals surface area contributed by atoms with Crippen LogP contribution in [0.15, 0.2) is 53.4 Å². The molecule has 27 heavy (non-hydrogen) atoms. The quantitative estimate of drug-likeness (QED) is 0.810. The molecule has 0 saturated carbocycles. The fraction of sp³-hybridized carbons (Fsp3) is 0.350. The number of carbonyl (C=O) groups excluding carboxylic acids is 1. The van der Waals surface area contributed by atoms with E-state index >= 15 is 0 Å². The van der Waals surface area contributed by atoms with E-state index in [1.165, 1.54) is 18.6 Å². The van der Waals surface area contributed by atoms with Crippen LogP contribution >= 0.6 is 11.6 Å². The van der Waals surface area contributed by atoms with Gasteiger partial charge in [0.25, 0.3) is 15.9 Å². The molecule has 0 radical (unpaired) electrons. The van der Waals surface area contributed by atoms with Gasteiger partial charge in [0, 0.05) is 29.4 Å². The summed E-state index contributed by atoms with van der Waals surface area (Å²) in [4.78, 5) is 14.7. The lowest BCUT2D eigenvalue weighted by Gasteiger charge is -2.25. The van der Waals surface area contributed by atoms with Crippen LogP contribution in [-0.2, 0) is 10.0 Å². The van der Waals surface area contributed by atoms with Crippen molar-refractivity contribution in [3.8, 4) is 0 Å². The van der Waals surface area contributed by atoms with Crippen LogP contribution in [-0.4, -0.2) is 32.3 Å². The van der Waals surface area contributed by atoms with E-state index in [-0.39, 0.29) is 10.8 Å². The van der Waals surface area contributed by atoms with E-state index in [1.807, 2.05) is 4.90 Å². The Labute approximate surface area is 165 Å². The highest BCUT2D eigenvalue weighted by atomic mass is 35.5. The second-order valence-electron chi connectivity index (χ2n) is 6.70.